The molecule has 0 radical (unpaired) electrons. The first kappa shape index (κ1) is 13.3. The molecule has 0 aliphatic heterocycles. The first-order valence-corrected chi connectivity index (χ1v) is 7.43. The van der Waals surface area contributed by atoms with Gasteiger partial charge in [-0.2, -0.15) is 0 Å². The molecule has 1 saturated carbocycles. The maximum Gasteiger partial charge on any atom is 0.0424 e. The van der Waals surface area contributed by atoms with E-state index in [1.54, 1.807) is 0 Å². The van der Waals surface area contributed by atoms with Crippen LogP contribution in [0.2, 0.25) is 0 Å². The molecule has 3 nitrogen and oxygen atoms in total. The Hall–Kier alpha value is -1.73. The second-order valence-electron chi connectivity index (χ2n) is 6.54. The first-order valence-electron chi connectivity index (χ1n) is 7.43. The summed E-state index contributed by atoms with van der Waals surface area (Å²) in [6.07, 6.45) is 22.7. The highest BCUT2D eigenvalue weighted by Gasteiger charge is 2.51. The van der Waals surface area contributed by atoms with Crippen molar-refractivity contribution in [3.8, 4) is 0 Å². The molecule has 3 rings (SSSR count). The predicted molar refractivity (Wildman–Crippen MR) is 82.0 cm³/mol. The van der Waals surface area contributed by atoms with Crippen molar-refractivity contribution in [2.24, 2.45) is 21.4 Å². The van der Waals surface area contributed by atoms with E-state index in [4.69, 9.17) is 5.53 Å². The molecule has 0 saturated heterocycles. The molecule has 20 heavy (non-hydrogen) atoms. The van der Waals surface area contributed by atoms with E-state index in [1.165, 1.54) is 0 Å². The van der Waals surface area contributed by atoms with Crippen LogP contribution in [-0.2, 0) is 0 Å². The van der Waals surface area contributed by atoms with E-state index < -0.39 is 0 Å². The zero-order valence-corrected chi connectivity index (χ0v) is 12.0. The summed E-state index contributed by atoms with van der Waals surface area (Å²) in [5.41, 5.74) is 8.95. The Morgan fingerprint density at radius 3 is 2.25 bits per heavy atom. The van der Waals surface area contributed by atoms with Gasteiger partial charge in [0, 0.05) is 22.3 Å². The van der Waals surface area contributed by atoms with Crippen LogP contribution in [0.5, 0.6) is 0 Å². The molecule has 0 aromatic carbocycles. The Morgan fingerprint density at radius 2 is 1.70 bits per heavy atom. The molecule has 3 aliphatic carbocycles. The summed E-state index contributed by atoms with van der Waals surface area (Å²) in [6, 6.07) is 0. The SMILES string of the molecule is CCC1(CN=[N+]=[N-])CC2(C=CC3(C=CCC=C3)C=C2)C1. The molecule has 3 aliphatic rings. The van der Waals surface area contributed by atoms with E-state index in [-0.39, 0.29) is 16.2 Å². The van der Waals surface area contributed by atoms with Gasteiger partial charge in [0.15, 0.2) is 0 Å². The molecule has 0 heterocycles. The highest BCUT2D eigenvalue weighted by Crippen LogP contribution is 2.60. The van der Waals surface area contributed by atoms with E-state index in [9.17, 15) is 0 Å². The van der Waals surface area contributed by atoms with Crippen molar-refractivity contribution in [3.63, 3.8) is 0 Å². The number of nitrogens with zero attached hydrogens (tertiary/aromatic N) is 3. The van der Waals surface area contributed by atoms with E-state index in [2.05, 4.69) is 65.6 Å². The van der Waals surface area contributed by atoms with Crippen LogP contribution in [0.4, 0.5) is 0 Å². The van der Waals surface area contributed by atoms with Crippen molar-refractivity contribution in [2.45, 2.75) is 32.6 Å². The van der Waals surface area contributed by atoms with Crippen LogP contribution in [-0.4, -0.2) is 6.54 Å². The number of hydrogen-bond acceptors (Lipinski definition) is 1. The fraction of sp³-hybridized carbons (Fsp3) is 0.529. The van der Waals surface area contributed by atoms with E-state index in [1.807, 2.05) is 0 Å². The highest BCUT2D eigenvalue weighted by atomic mass is 15.1. The minimum Gasteiger partial charge on any atom is -0.0934 e. The lowest BCUT2D eigenvalue weighted by molar-refractivity contribution is 0.0334. The highest BCUT2D eigenvalue weighted by molar-refractivity contribution is 5.40. The van der Waals surface area contributed by atoms with Gasteiger partial charge < -0.3 is 0 Å². The standard InChI is InChI=1S/C17H21N3/c1-2-15(14-19-20-18)12-17(13-15)10-8-16(9-11-17)6-4-3-5-7-16/h4-11H,2-3,12-14H2,1H3. The topological polar surface area (TPSA) is 48.8 Å². The second-order valence-corrected chi connectivity index (χ2v) is 6.54. The molecule has 0 aromatic heterocycles. The lowest BCUT2D eigenvalue weighted by Gasteiger charge is -2.55. The van der Waals surface area contributed by atoms with Gasteiger partial charge >= 0.3 is 0 Å². The number of allylic oxidation sites excluding steroid dienone is 8. The lowest BCUT2D eigenvalue weighted by Crippen LogP contribution is -2.47. The normalized spacial score (nSPS) is 26.4. The summed E-state index contributed by atoms with van der Waals surface area (Å²) in [4.78, 5) is 2.92. The van der Waals surface area contributed by atoms with Crippen LogP contribution in [0.15, 0.2) is 53.7 Å². The molecule has 0 N–H and O–H groups in total. The van der Waals surface area contributed by atoms with Crippen molar-refractivity contribution in [1.29, 1.82) is 0 Å². The van der Waals surface area contributed by atoms with Crippen molar-refractivity contribution in [3.05, 3.63) is 59.1 Å². The van der Waals surface area contributed by atoms with Crippen LogP contribution in [0, 0.1) is 16.2 Å². The van der Waals surface area contributed by atoms with Crippen LogP contribution < -0.4 is 0 Å². The minimum atomic E-state index is 0.0127. The largest absolute Gasteiger partial charge is 0.0934 e. The Balaban J connectivity index is 1.73. The van der Waals surface area contributed by atoms with Gasteiger partial charge in [0.1, 0.15) is 0 Å². The predicted octanol–water partition coefficient (Wildman–Crippen LogP) is 5.10. The van der Waals surface area contributed by atoms with Crippen LogP contribution in [0.3, 0.4) is 0 Å². The average Bonchev–Trinajstić information content (AvgIpc) is 2.46. The molecule has 2 spiro atoms. The number of hydrogen-bond donors (Lipinski definition) is 0. The summed E-state index contributed by atoms with van der Waals surface area (Å²) >= 11 is 0. The molecule has 3 heteroatoms. The van der Waals surface area contributed by atoms with Crippen molar-refractivity contribution in [2.75, 3.05) is 6.54 Å². The van der Waals surface area contributed by atoms with Crippen LogP contribution in [0.1, 0.15) is 32.6 Å². The van der Waals surface area contributed by atoms with Crippen LogP contribution in [0.25, 0.3) is 10.4 Å². The van der Waals surface area contributed by atoms with Crippen molar-refractivity contribution < 1.29 is 0 Å². The fourth-order valence-electron chi connectivity index (χ4n) is 3.87. The fourth-order valence-corrected chi connectivity index (χ4v) is 3.87. The summed E-state index contributed by atoms with van der Waals surface area (Å²) in [7, 11) is 0. The first-order chi connectivity index (χ1) is 9.66. The summed E-state index contributed by atoms with van der Waals surface area (Å²) in [5.74, 6) is 0. The third-order valence-corrected chi connectivity index (χ3v) is 5.12. The van der Waals surface area contributed by atoms with Gasteiger partial charge in [-0.3, -0.25) is 0 Å². The molecule has 0 aromatic rings. The maximum absolute atomic E-state index is 8.53. The van der Waals surface area contributed by atoms with E-state index in [0.29, 0.717) is 6.54 Å². The molecular weight excluding hydrogens is 246 g/mol. The Labute approximate surface area is 120 Å². The van der Waals surface area contributed by atoms with Crippen molar-refractivity contribution >= 4 is 0 Å². The molecular formula is C17H21N3. The average molecular weight is 267 g/mol. The van der Waals surface area contributed by atoms with E-state index in [0.717, 1.165) is 25.7 Å². The third kappa shape index (κ3) is 2.12. The quantitative estimate of drug-likeness (QED) is 0.295. The van der Waals surface area contributed by atoms with Gasteiger partial charge in [-0.15, -0.1) is 0 Å². The Kier molecular flexibility index (Phi) is 3.10. The van der Waals surface area contributed by atoms with Gasteiger partial charge in [0.2, 0.25) is 0 Å². The third-order valence-electron chi connectivity index (χ3n) is 5.12. The molecule has 0 amide bonds. The number of azide groups is 1. The molecule has 0 unspecified atom stereocenters. The van der Waals surface area contributed by atoms with Gasteiger partial charge in [-0.25, -0.2) is 0 Å². The molecule has 104 valence electrons. The number of rotatable bonds is 3. The Morgan fingerprint density at radius 1 is 1.05 bits per heavy atom. The monoisotopic (exact) mass is 267 g/mol. The zero-order chi connectivity index (χ0) is 14.1. The second kappa shape index (κ2) is 4.68. The lowest BCUT2D eigenvalue weighted by atomic mass is 9.50. The zero-order valence-electron chi connectivity index (χ0n) is 12.0. The van der Waals surface area contributed by atoms with Crippen molar-refractivity contribution in [1.82, 2.24) is 0 Å². The molecule has 0 atom stereocenters. The van der Waals surface area contributed by atoms with Gasteiger partial charge in [0.05, 0.1) is 0 Å². The van der Waals surface area contributed by atoms with Crippen LogP contribution >= 0.6 is 0 Å². The maximum atomic E-state index is 8.53. The van der Waals surface area contributed by atoms with E-state index >= 15 is 0 Å². The Bertz CT molecular complexity index is 523. The molecule has 0 bridgehead atoms. The smallest absolute Gasteiger partial charge is 0.0424 e. The summed E-state index contributed by atoms with van der Waals surface area (Å²) in [6.45, 7) is 2.83. The summed E-state index contributed by atoms with van der Waals surface area (Å²) in [5, 5.41) is 3.81. The van der Waals surface area contributed by atoms with Gasteiger partial charge in [0.25, 0.3) is 0 Å². The van der Waals surface area contributed by atoms with Gasteiger partial charge in [-0.1, -0.05) is 67.1 Å². The van der Waals surface area contributed by atoms with Gasteiger partial charge in [-0.05, 0) is 30.2 Å². The minimum absolute atomic E-state index is 0.0127. The summed E-state index contributed by atoms with van der Waals surface area (Å²) < 4.78 is 0. The molecule has 1 fully saturated rings.